The van der Waals surface area contributed by atoms with Crippen LogP contribution in [0, 0.1) is 0 Å². The second-order valence-corrected chi connectivity index (χ2v) is 4.85. The number of nitrogens with one attached hydrogen (secondary N) is 1. The van der Waals surface area contributed by atoms with Gasteiger partial charge in [0.15, 0.2) is 0 Å². The number of rotatable bonds is 6. The highest BCUT2D eigenvalue weighted by atomic mass is 16.5. The van der Waals surface area contributed by atoms with Gasteiger partial charge in [0.05, 0.1) is 18.8 Å². The molecule has 0 saturated carbocycles. The standard InChI is InChI=1S/C17H18N2O3/c1-12(11-13-3-9-16(22-2)10-4-13)18-19-15-7-5-14(6-8-15)17(20)21/h3-10,19H,11H2,1-2H3,(H,20,21)/p-1/b18-12-. The van der Waals surface area contributed by atoms with Crippen LogP contribution >= 0.6 is 0 Å². The maximum absolute atomic E-state index is 10.7. The first-order valence-electron chi connectivity index (χ1n) is 6.82. The largest absolute Gasteiger partial charge is 0.545 e. The third kappa shape index (κ3) is 4.34. The van der Waals surface area contributed by atoms with Gasteiger partial charge in [0, 0.05) is 12.1 Å². The molecule has 0 heterocycles. The summed E-state index contributed by atoms with van der Waals surface area (Å²) >= 11 is 0. The summed E-state index contributed by atoms with van der Waals surface area (Å²) < 4.78 is 5.12. The molecule has 2 rings (SSSR count). The topological polar surface area (TPSA) is 73.8 Å². The lowest BCUT2D eigenvalue weighted by molar-refractivity contribution is -0.255. The molecule has 0 amide bonds. The van der Waals surface area contributed by atoms with Gasteiger partial charge < -0.3 is 14.6 Å². The number of hydrazone groups is 1. The highest BCUT2D eigenvalue weighted by molar-refractivity contribution is 5.86. The lowest BCUT2D eigenvalue weighted by Crippen LogP contribution is -2.21. The van der Waals surface area contributed by atoms with Gasteiger partial charge >= 0.3 is 0 Å². The van der Waals surface area contributed by atoms with Gasteiger partial charge in [-0.1, -0.05) is 24.3 Å². The smallest absolute Gasteiger partial charge is 0.118 e. The van der Waals surface area contributed by atoms with Gasteiger partial charge in [-0.2, -0.15) is 5.10 Å². The number of ether oxygens (including phenoxy) is 1. The van der Waals surface area contributed by atoms with Crippen molar-refractivity contribution < 1.29 is 14.6 Å². The Morgan fingerprint density at radius 1 is 1.14 bits per heavy atom. The first-order valence-corrected chi connectivity index (χ1v) is 6.82. The number of hydrogen-bond acceptors (Lipinski definition) is 5. The predicted molar refractivity (Wildman–Crippen MR) is 84.2 cm³/mol. The number of carbonyl (C=O) groups is 1. The first kappa shape index (κ1) is 15.6. The van der Waals surface area contributed by atoms with Crippen molar-refractivity contribution in [2.75, 3.05) is 12.5 Å². The fourth-order valence-corrected chi connectivity index (χ4v) is 1.92. The minimum Gasteiger partial charge on any atom is -0.545 e. The maximum atomic E-state index is 10.7. The zero-order chi connectivity index (χ0) is 15.9. The number of nitrogens with zero attached hydrogens (tertiary/aromatic N) is 1. The molecule has 5 nitrogen and oxygen atoms in total. The lowest BCUT2D eigenvalue weighted by atomic mass is 10.1. The zero-order valence-electron chi connectivity index (χ0n) is 12.5. The maximum Gasteiger partial charge on any atom is 0.118 e. The lowest BCUT2D eigenvalue weighted by Gasteiger charge is -2.06. The summed E-state index contributed by atoms with van der Waals surface area (Å²) in [5.74, 6) is -0.366. The van der Waals surface area contributed by atoms with Crippen molar-refractivity contribution in [3.8, 4) is 5.75 Å². The second-order valence-electron chi connectivity index (χ2n) is 4.85. The number of carboxylic acids is 1. The van der Waals surface area contributed by atoms with Crippen LogP contribution in [0.15, 0.2) is 53.6 Å². The predicted octanol–water partition coefficient (Wildman–Crippen LogP) is 2.09. The molecular weight excluding hydrogens is 280 g/mol. The molecule has 2 aromatic rings. The number of carbonyl (C=O) groups excluding carboxylic acids is 1. The molecule has 0 atom stereocenters. The summed E-state index contributed by atoms with van der Waals surface area (Å²) in [5.41, 5.74) is 5.81. The fraction of sp³-hybridized carbons (Fsp3) is 0.176. The number of benzene rings is 2. The van der Waals surface area contributed by atoms with E-state index in [1.165, 1.54) is 12.1 Å². The van der Waals surface area contributed by atoms with Gasteiger partial charge in [0.25, 0.3) is 0 Å². The van der Waals surface area contributed by atoms with Crippen LogP contribution in [0.1, 0.15) is 22.8 Å². The van der Waals surface area contributed by atoms with E-state index in [0.29, 0.717) is 6.42 Å². The summed E-state index contributed by atoms with van der Waals surface area (Å²) in [6.07, 6.45) is 0.716. The quantitative estimate of drug-likeness (QED) is 0.654. The van der Waals surface area contributed by atoms with Gasteiger partial charge in [0.1, 0.15) is 5.75 Å². The molecule has 0 aliphatic rings. The Morgan fingerprint density at radius 3 is 2.32 bits per heavy atom. The Morgan fingerprint density at radius 2 is 1.77 bits per heavy atom. The van der Waals surface area contributed by atoms with E-state index in [0.717, 1.165) is 22.7 Å². The van der Waals surface area contributed by atoms with E-state index in [9.17, 15) is 9.90 Å². The first-order chi connectivity index (χ1) is 10.6. The van der Waals surface area contributed by atoms with Crippen LogP contribution in [0.25, 0.3) is 0 Å². The normalized spacial score (nSPS) is 11.1. The van der Waals surface area contributed by atoms with Gasteiger partial charge in [-0.25, -0.2) is 0 Å². The summed E-state index contributed by atoms with van der Waals surface area (Å²) in [6.45, 7) is 1.92. The third-order valence-corrected chi connectivity index (χ3v) is 3.12. The molecule has 0 fully saturated rings. The molecule has 0 aliphatic carbocycles. The van der Waals surface area contributed by atoms with E-state index in [2.05, 4.69) is 10.5 Å². The molecule has 2 aromatic carbocycles. The Labute approximate surface area is 129 Å². The fourth-order valence-electron chi connectivity index (χ4n) is 1.92. The van der Waals surface area contributed by atoms with Crippen LogP contribution in [0.2, 0.25) is 0 Å². The highest BCUT2D eigenvalue weighted by Gasteiger charge is 1.98. The van der Waals surface area contributed by atoms with Gasteiger partial charge in [0.2, 0.25) is 0 Å². The van der Waals surface area contributed by atoms with Gasteiger partial charge in [-0.3, -0.25) is 5.43 Å². The summed E-state index contributed by atoms with van der Waals surface area (Å²) in [4.78, 5) is 10.7. The zero-order valence-corrected chi connectivity index (χ0v) is 12.5. The molecule has 0 radical (unpaired) electrons. The van der Waals surface area contributed by atoms with Crippen LogP contribution < -0.4 is 15.3 Å². The van der Waals surface area contributed by atoms with Crippen LogP contribution in [-0.4, -0.2) is 18.8 Å². The van der Waals surface area contributed by atoms with Crippen molar-refractivity contribution in [3.63, 3.8) is 0 Å². The molecule has 0 bridgehead atoms. The molecule has 0 spiro atoms. The molecule has 0 aliphatic heterocycles. The van der Waals surface area contributed by atoms with E-state index < -0.39 is 5.97 Å². The van der Waals surface area contributed by atoms with Crippen LogP contribution in [0.5, 0.6) is 5.75 Å². The Kier molecular flexibility index (Phi) is 5.14. The second kappa shape index (κ2) is 7.26. The summed E-state index contributed by atoms with van der Waals surface area (Å²) in [6, 6.07) is 14.1. The molecule has 0 saturated heterocycles. The molecular formula is C17H17N2O3-. The van der Waals surface area contributed by atoms with Crippen molar-refractivity contribution in [1.29, 1.82) is 0 Å². The Balaban J connectivity index is 1.95. The van der Waals surface area contributed by atoms with Gasteiger partial charge in [-0.05, 0) is 42.3 Å². The Hall–Kier alpha value is -2.82. The molecule has 0 aromatic heterocycles. The monoisotopic (exact) mass is 297 g/mol. The van der Waals surface area contributed by atoms with Crippen LogP contribution in [-0.2, 0) is 6.42 Å². The van der Waals surface area contributed by atoms with E-state index in [1.807, 2.05) is 31.2 Å². The van der Waals surface area contributed by atoms with Crippen molar-refractivity contribution in [2.45, 2.75) is 13.3 Å². The summed E-state index contributed by atoms with van der Waals surface area (Å²) in [7, 11) is 1.64. The number of methoxy groups -OCH3 is 1. The Bertz CT molecular complexity index is 661. The highest BCUT2D eigenvalue weighted by Crippen LogP contribution is 2.13. The third-order valence-electron chi connectivity index (χ3n) is 3.12. The minimum atomic E-state index is -1.19. The SMILES string of the molecule is COc1ccc(C/C(C)=N\Nc2ccc(C(=O)[O-])cc2)cc1. The number of anilines is 1. The average molecular weight is 297 g/mol. The summed E-state index contributed by atoms with van der Waals surface area (Å²) in [5, 5.41) is 14.9. The van der Waals surface area contributed by atoms with Crippen LogP contribution in [0.3, 0.4) is 0 Å². The number of hydrogen-bond donors (Lipinski definition) is 1. The average Bonchev–Trinajstić information content (AvgIpc) is 2.54. The van der Waals surface area contributed by atoms with Crippen molar-refractivity contribution in [1.82, 2.24) is 0 Å². The van der Waals surface area contributed by atoms with Crippen molar-refractivity contribution in [2.24, 2.45) is 5.10 Å². The molecule has 22 heavy (non-hydrogen) atoms. The van der Waals surface area contributed by atoms with E-state index >= 15 is 0 Å². The van der Waals surface area contributed by atoms with E-state index in [4.69, 9.17) is 4.74 Å². The minimum absolute atomic E-state index is 0.143. The number of aromatic carboxylic acids is 1. The van der Waals surface area contributed by atoms with E-state index in [1.54, 1.807) is 19.2 Å². The van der Waals surface area contributed by atoms with Crippen LogP contribution in [0.4, 0.5) is 5.69 Å². The molecule has 114 valence electrons. The number of carboxylic acid groups (broad SMARTS) is 1. The molecule has 1 N–H and O–H groups in total. The van der Waals surface area contributed by atoms with Crippen molar-refractivity contribution in [3.05, 3.63) is 59.7 Å². The molecule has 5 heteroatoms. The van der Waals surface area contributed by atoms with Crippen molar-refractivity contribution >= 4 is 17.4 Å². The van der Waals surface area contributed by atoms with Gasteiger partial charge in [-0.15, -0.1) is 0 Å². The molecule has 0 unspecified atom stereocenters. The van der Waals surface area contributed by atoms with E-state index in [-0.39, 0.29) is 5.56 Å².